The number of hydrogen-bond acceptors (Lipinski definition) is 5. The monoisotopic (exact) mass is 527 g/mol. The summed E-state index contributed by atoms with van der Waals surface area (Å²) in [5.74, 6) is 3.00. The van der Waals surface area contributed by atoms with E-state index in [0.29, 0.717) is 42.1 Å². The van der Waals surface area contributed by atoms with Gasteiger partial charge < -0.3 is 24.8 Å². The molecule has 2 N–H and O–H groups in total. The zero-order valence-electron chi connectivity index (χ0n) is 17.9. The quantitative estimate of drug-likeness (QED) is 0.292. The molecule has 0 aromatic heterocycles. The Labute approximate surface area is 188 Å². The number of methoxy groups -OCH3 is 3. The van der Waals surface area contributed by atoms with Crippen molar-refractivity contribution in [3.05, 3.63) is 17.7 Å². The number of guanidine groups is 1. The lowest BCUT2D eigenvalue weighted by molar-refractivity contribution is 0.324. The van der Waals surface area contributed by atoms with E-state index < -0.39 is 10.8 Å². The van der Waals surface area contributed by atoms with Crippen molar-refractivity contribution in [3.8, 4) is 17.2 Å². The van der Waals surface area contributed by atoms with E-state index in [2.05, 4.69) is 15.6 Å². The second-order valence-electron chi connectivity index (χ2n) is 6.82. The standard InChI is InChI=1S/C19H33N3O4S.HI/c1-8-20-18(21-9-10-27(23)19(2,3)4)22-13-14-11-15(24-5)17(26-7)16(12-14)25-6;/h11-12H,8-10,13H2,1-7H3,(H2,20,21,22);1H. The molecule has 0 aliphatic heterocycles. The van der Waals surface area contributed by atoms with Gasteiger partial charge in [-0.2, -0.15) is 0 Å². The van der Waals surface area contributed by atoms with Gasteiger partial charge in [-0.25, -0.2) is 4.99 Å². The van der Waals surface area contributed by atoms with Crippen LogP contribution in [0.25, 0.3) is 0 Å². The Morgan fingerprint density at radius 2 is 1.64 bits per heavy atom. The molecule has 1 aromatic rings. The number of aliphatic imine (C=N–C) groups is 1. The highest BCUT2D eigenvalue weighted by Crippen LogP contribution is 2.38. The van der Waals surface area contributed by atoms with Crippen LogP contribution >= 0.6 is 24.0 Å². The highest BCUT2D eigenvalue weighted by molar-refractivity contribution is 14.0. The van der Waals surface area contributed by atoms with Crippen LogP contribution in [-0.4, -0.2) is 55.1 Å². The van der Waals surface area contributed by atoms with Crippen molar-refractivity contribution < 1.29 is 18.4 Å². The molecule has 28 heavy (non-hydrogen) atoms. The van der Waals surface area contributed by atoms with E-state index in [4.69, 9.17) is 14.2 Å². The Bertz CT molecular complexity index is 638. The van der Waals surface area contributed by atoms with Gasteiger partial charge in [-0.1, -0.05) is 0 Å². The van der Waals surface area contributed by atoms with Crippen molar-refractivity contribution in [1.82, 2.24) is 10.6 Å². The molecule has 9 heteroatoms. The first-order valence-electron chi connectivity index (χ1n) is 8.96. The zero-order valence-corrected chi connectivity index (χ0v) is 21.0. The van der Waals surface area contributed by atoms with Crippen molar-refractivity contribution in [2.24, 2.45) is 4.99 Å². The van der Waals surface area contributed by atoms with E-state index in [1.807, 2.05) is 39.8 Å². The maximum atomic E-state index is 12.2. The minimum Gasteiger partial charge on any atom is -0.493 e. The summed E-state index contributed by atoms with van der Waals surface area (Å²) in [4.78, 5) is 4.59. The SMILES string of the molecule is CCNC(=NCc1cc(OC)c(OC)c(OC)c1)NCCS(=O)C(C)(C)C.I. The summed E-state index contributed by atoms with van der Waals surface area (Å²) >= 11 is 0. The van der Waals surface area contributed by atoms with E-state index in [-0.39, 0.29) is 28.7 Å². The fourth-order valence-electron chi connectivity index (χ4n) is 2.31. The van der Waals surface area contributed by atoms with Crippen molar-refractivity contribution in [2.45, 2.75) is 39.0 Å². The van der Waals surface area contributed by atoms with E-state index in [1.165, 1.54) is 0 Å². The maximum absolute atomic E-state index is 12.2. The molecular weight excluding hydrogens is 493 g/mol. The van der Waals surface area contributed by atoms with Crippen molar-refractivity contribution in [3.63, 3.8) is 0 Å². The fraction of sp³-hybridized carbons (Fsp3) is 0.632. The van der Waals surface area contributed by atoms with Crippen molar-refractivity contribution in [1.29, 1.82) is 0 Å². The van der Waals surface area contributed by atoms with Crippen LogP contribution in [-0.2, 0) is 17.3 Å². The molecule has 0 spiro atoms. The number of ether oxygens (including phenoxy) is 3. The van der Waals surface area contributed by atoms with Gasteiger partial charge in [0.15, 0.2) is 17.5 Å². The van der Waals surface area contributed by atoms with Crippen LogP contribution < -0.4 is 24.8 Å². The molecular formula is C19H34IN3O4S. The molecule has 1 aromatic carbocycles. The lowest BCUT2D eigenvalue weighted by Crippen LogP contribution is -2.40. The Balaban J connectivity index is 0.00000729. The minimum absolute atomic E-state index is 0. The normalized spacial score (nSPS) is 12.6. The molecule has 162 valence electrons. The zero-order chi connectivity index (χ0) is 20.4. The van der Waals surface area contributed by atoms with E-state index in [0.717, 1.165) is 12.1 Å². The van der Waals surface area contributed by atoms with Crippen LogP contribution in [0.5, 0.6) is 17.2 Å². The largest absolute Gasteiger partial charge is 0.493 e. The lowest BCUT2D eigenvalue weighted by atomic mass is 10.2. The van der Waals surface area contributed by atoms with Crippen LogP contribution in [0.3, 0.4) is 0 Å². The molecule has 7 nitrogen and oxygen atoms in total. The molecule has 1 atom stereocenters. The van der Waals surface area contributed by atoms with Gasteiger partial charge in [0, 0.05) is 34.4 Å². The van der Waals surface area contributed by atoms with Gasteiger partial charge in [-0.3, -0.25) is 4.21 Å². The van der Waals surface area contributed by atoms with E-state index in [9.17, 15) is 4.21 Å². The first-order valence-corrected chi connectivity index (χ1v) is 10.3. The third kappa shape index (κ3) is 8.42. The smallest absolute Gasteiger partial charge is 0.203 e. The number of nitrogens with one attached hydrogen (secondary N) is 2. The third-order valence-corrected chi connectivity index (χ3v) is 5.69. The Morgan fingerprint density at radius 1 is 1.07 bits per heavy atom. The molecule has 0 saturated carbocycles. The van der Waals surface area contributed by atoms with Crippen LogP contribution in [0.1, 0.15) is 33.3 Å². The number of benzene rings is 1. The highest BCUT2D eigenvalue weighted by Gasteiger charge is 2.18. The molecule has 1 rings (SSSR count). The van der Waals surface area contributed by atoms with Gasteiger partial charge in [-0.15, -0.1) is 24.0 Å². The summed E-state index contributed by atoms with van der Waals surface area (Å²) in [5, 5.41) is 6.43. The molecule has 0 aliphatic carbocycles. The molecule has 0 aliphatic rings. The number of halogens is 1. The second-order valence-corrected chi connectivity index (χ2v) is 9.14. The molecule has 0 saturated heterocycles. The predicted octanol–water partition coefficient (Wildman–Crippen LogP) is 2.93. The third-order valence-electron chi connectivity index (χ3n) is 3.75. The summed E-state index contributed by atoms with van der Waals surface area (Å²) in [6.45, 7) is 9.71. The summed E-state index contributed by atoms with van der Waals surface area (Å²) in [7, 11) is 3.85. The summed E-state index contributed by atoms with van der Waals surface area (Å²) < 4.78 is 28.0. The molecule has 1 unspecified atom stereocenters. The molecule has 0 fully saturated rings. The van der Waals surface area contributed by atoms with Gasteiger partial charge in [0.1, 0.15) is 0 Å². The van der Waals surface area contributed by atoms with Gasteiger partial charge in [0.2, 0.25) is 5.75 Å². The first kappa shape index (κ1) is 26.8. The predicted molar refractivity (Wildman–Crippen MR) is 127 cm³/mol. The topological polar surface area (TPSA) is 81.2 Å². The molecule has 0 heterocycles. The Kier molecular flexibility index (Phi) is 12.5. The summed E-state index contributed by atoms with van der Waals surface area (Å²) in [6.07, 6.45) is 0. The molecule has 0 bridgehead atoms. The van der Waals surface area contributed by atoms with E-state index in [1.54, 1.807) is 21.3 Å². The molecule has 0 radical (unpaired) electrons. The Hall–Kier alpha value is -1.23. The van der Waals surface area contributed by atoms with E-state index >= 15 is 0 Å². The lowest BCUT2D eigenvalue weighted by Gasteiger charge is -2.18. The average molecular weight is 527 g/mol. The van der Waals surface area contributed by atoms with Crippen molar-refractivity contribution in [2.75, 3.05) is 40.2 Å². The number of rotatable bonds is 9. The molecule has 0 amide bonds. The summed E-state index contributed by atoms with van der Waals surface area (Å²) in [6, 6.07) is 3.76. The number of hydrogen-bond donors (Lipinski definition) is 2. The first-order chi connectivity index (χ1) is 12.8. The second kappa shape index (κ2) is 13.1. The minimum atomic E-state index is -0.902. The maximum Gasteiger partial charge on any atom is 0.203 e. The van der Waals surface area contributed by atoms with Gasteiger partial charge in [0.05, 0.1) is 27.9 Å². The van der Waals surface area contributed by atoms with Gasteiger partial charge >= 0.3 is 0 Å². The van der Waals surface area contributed by atoms with Crippen LogP contribution in [0.15, 0.2) is 17.1 Å². The van der Waals surface area contributed by atoms with Gasteiger partial charge in [-0.05, 0) is 45.4 Å². The van der Waals surface area contributed by atoms with Crippen LogP contribution in [0.2, 0.25) is 0 Å². The average Bonchev–Trinajstić information content (AvgIpc) is 2.64. The summed E-state index contributed by atoms with van der Waals surface area (Å²) in [5.41, 5.74) is 0.931. The van der Waals surface area contributed by atoms with Gasteiger partial charge in [0.25, 0.3) is 0 Å². The fourth-order valence-corrected chi connectivity index (χ4v) is 3.21. The highest BCUT2D eigenvalue weighted by atomic mass is 127. The van der Waals surface area contributed by atoms with Crippen molar-refractivity contribution >= 4 is 40.7 Å². The number of nitrogens with zero attached hydrogens (tertiary/aromatic N) is 1. The van der Waals surface area contributed by atoms with Crippen LogP contribution in [0.4, 0.5) is 0 Å². The van der Waals surface area contributed by atoms with Crippen LogP contribution in [0, 0.1) is 0 Å². The Morgan fingerprint density at radius 3 is 2.07 bits per heavy atom.